The van der Waals surface area contributed by atoms with Gasteiger partial charge in [0.05, 0.1) is 0 Å². The van der Waals surface area contributed by atoms with Crippen LogP contribution in [0.4, 0.5) is 0 Å². The van der Waals surface area contributed by atoms with Gasteiger partial charge in [-0.25, -0.2) is 0 Å². The van der Waals surface area contributed by atoms with Gasteiger partial charge in [-0.2, -0.15) is 0 Å². The standard InChI is InChI=1S/C10H17N3/c1-12-10(3-2-6-11)9-4-7-13-8-5-9/h4-5,7-8,10,12H,2-3,6,11H2,1H3. The van der Waals surface area contributed by atoms with E-state index in [1.54, 1.807) is 0 Å². The van der Waals surface area contributed by atoms with Gasteiger partial charge in [-0.1, -0.05) is 0 Å². The van der Waals surface area contributed by atoms with Crippen molar-refractivity contribution in [2.24, 2.45) is 5.73 Å². The molecule has 1 unspecified atom stereocenters. The van der Waals surface area contributed by atoms with Crippen molar-refractivity contribution < 1.29 is 0 Å². The maximum Gasteiger partial charge on any atom is 0.0319 e. The van der Waals surface area contributed by atoms with Gasteiger partial charge in [-0.3, -0.25) is 4.98 Å². The zero-order chi connectivity index (χ0) is 9.52. The smallest absolute Gasteiger partial charge is 0.0319 e. The lowest BCUT2D eigenvalue weighted by atomic mass is 10.0. The van der Waals surface area contributed by atoms with E-state index in [9.17, 15) is 0 Å². The zero-order valence-electron chi connectivity index (χ0n) is 8.03. The Kier molecular flexibility index (Phi) is 4.43. The van der Waals surface area contributed by atoms with Gasteiger partial charge < -0.3 is 11.1 Å². The normalized spacial score (nSPS) is 12.8. The molecule has 0 saturated heterocycles. The third-order valence-electron chi connectivity index (χ3n) is 2.15. The van der Waals surface area contributed by atoms with Crippen molar-refractivity contribution in [3.63, 3.8) is 0 Å². The van der Waals surface area contributed by atoms with E-state index in [2.05, 4.69) is 10.3 Å². The van der Waals surface area contributed by atoms with Gasteiger partial charge in [0.15, 0.2) is 0 Å². The number of nitrogens with one attached hydrogen (secondary N) is 1. The highest BCUT2D eigenvalue weighted by atomic mass is 14.9. The van der Waals surface area contributed by atoms with Crippen molar-refractivity contribution in [3.8, 4) is 0 Å². The number of nitrogens with two attached hydrogens (primary N) is 1. The largest absolute Gasteiger partial charge is 0.330 e. The molecule has 0 aliphatic heterocycles. The summed E-state index contributed by atoms with van der Waals surface area (Å²) in [6, 6.07) is 4.49. The fraction of sp³-hybridized carbons (Fsp3) is 0.500. The van der Waals surface area contributed by atoms with Crippen LogP contribution in [-0.2, 0) is 0 Å². The summed E-state index contributed by atoms with van der Waals surface area (Å²) in [5.41, 5.74) is 6.75. The minimum Gasteiger partial charge on any atom is -0.330 e. The van der Waals surface area contributed by atoms with Crippen LogP contribution in [0.5, 0.6) is 0 Å². The second kappa shape index (κ2) is 5.67. The summed E-state index contributed by atoms with van der Waals surface area (Å²) >= 11 is 0. The van der Waals surface area contributed by atoms with E-state index in [4.69, 9.17) is 5.73 Å². The van der Waals surface area contributed by atoms with Gasteiger partial charge in [-0.05, 0) is 44.1 Å². The molecular formula is C10H17N3. The van der Waals surface area contributed by atoms with E-state index in [-0.39, 0.29) is 0 Å². The molecule has 1 aromatic heterocycles. The molecule has 1 aromatic rings. The molecule has 1 atom stereocenters. The molecule has 0 bridgehead atoms. The van der Waals surface area contributed by atoms with Crippen molar-refractivity contribution in [2.75, 3.05) is 13.6 Å². The predicted molar refractivity (Wildman–Crippen MR) is 54.3 cm³/mol. The number of hydrogen-bond acceptors (Lipinski definition) is 3. The van der Waals surface area contributed by atoms with Crippen LogP contribution in [0.15, 0.2) is 24.5 Å². The van der Waals surface area contributed by atoms with Gasteiger partial charge >= 0.3 is 0 Å². The second-order valence-corrected chi connectivity index (χ2v) is 3.05. The second-order valence-electron chi connectivity index (χ2n) is 3.05. The molecule has 3 heteroatoms. The van der Waals surface area contributed by atoms with E-state index in [0.29, 0.717) is 6.04 Å². The first-order valence-electron chi connectivity index (χ1n) is 4.65. The molecule has 0 spiro atoms. The highest BCUT2D eigenvalue weighted by molar-refractivity contribution is 5.14. The molecule has 3 N–H and O–H groups in total. The Hall–Kier alpha value is -0.930. The maximum atomic E-state index is 5.47. The lowest BCUT2D eigenvalue weighted by Gasteiger charge is -2.15. The minimum atomic E-state index is 0.409. The Morgan fingerprint density at radius 3 is 2.69 bits per heavy atom. The van der Waals surface area contributed by atoms with Crippen LogP contribution in [0.2, 0.25) is 0 Å². The topological polar surface area (TPSA) is 50.9 Å². The molecule has 0 radical (unpaired) electrons. The summed E-state index contributed by atoms with van der Waals surface area (Å²) in [5, 5.41) is 3.27. The highest BCUT2D eigenvalue weighted by Crippen LogP contribution is 2.16. The van der Waals surface area contributed by atoms with E-state index in [1.165, 1.54) is 5.56 Å². The molecule has 0 saturated carbocycles. The van der Waals surface area contributed by atoms with E-state index >= 15 is 0 Å². The number of pyridine rings is 1. The number of aromatic nitrogens is 1. The van der Waals surface area contributed by atoms with Crippen LogP contribution in [0.3, 0.4) is 0 Å². The van der Waals surface area contributed by atoms with Gasteiger partial charge in [0.2, 0.25) is 0 Å². The minimum absolute atomic E-state index is 0.409. The molecule has 1 heterocycles. The molecule has 0 fully saturated rings. The quantitative estimate of drug-likeness (QED) is 0.711. The van der Waals surface area contributed by atoms with Crippen LogP contribution < -0.4 is 11.1 Å². The summed E-state index contributed by atoms with van der Waals surface area (Å²) in [7, 11) is 1.97. The monoisotopic (exact) mass is 179 g/mol. The van der Waals surface area contributed by atoms with Crippen molar-refractivity contribution in [2.45, 2.75) is 18.9 Å². The average Bonchev–Trinajstić information content (AvgIpc) is 2.21. The molecule has 72 valence electrons. The first-order chi connectivity index (χ1) is 6.38. The molecule has 3 nitrogen and oxygen atoms in total. The lowest BCUT2D eigenvalue weighted by Crippen LogP contribution is -2.17. The summed E-state index contributed by atoms with van der Waals surface area (Å²) in [6.45, 7) is 0.753. The number of rotatable bonds is 5. The number of nitrogens with zero attached hydrogens (tertiary/aromatic N) is 1. The van der Waals surface area contributed by atoms with Crippen molar-refractivity contribution >= 4 is 0 Å². The van der Waals surface area contributed by atoms with Crippen LogP contribution >= 0.6 is 0 Å². The Morgan fingerprint density at radius 1 is 1.46 bits per heavy atom. The molecule has 1 rings (SSSR count). The summed E-state index contributed by atoms with van der Waals surface area (Å²) < 4.78 is 0. The molecule has 13 heavy (non-hydrogen) atoms. The fourth-order valence-corrected chi connectivity index (χ4v) is 1.40. The Labute approximate surface area is 79.4 Å². The average molecular weight is 179 g/mol. The van der Waals surface area contributed by atoms with Gasteiger partial charge in [0.25, 0.3) is 0 Å². The molecule has 0 aliphatic carbocycles. The Morgan fingerprint density at radius 2 is 2.15 bits per heavy atom. The van der Waals surface area contributed by atoms with Crippen LogP contribution in [0.25, 0.3) is 0 Å². The SMILES string of the molecule is CNC(CCCN)c1ccncc1. The van der Waals surface area contributed by atoms with Gasteiger partial charge in [-0.15, -0.1) is 0 Å². The van der Waals surface area contributed by atoms with Crippen molar-refractivity contribution in [1.82, 2.24) is 10.3 Å². The summed E-state index contributed by atoms with van der Waals surface area (Å²) in [6.07, 6.45) is 5.77. The van der Waals surface area contributed by atoms with E-state index in [0.717, 1.165) is 19.4 Å². The van der Waals surface area contributed by atoms with Gasteiger partial charge in [0.1, 0.15) is 0 Å². The van der Waals surface area contributed by atoms with Crippen LogP contribution in [0.1, 0.15) is 24.4 Å². The molecule has 0 aliphatic rings. The van der Waals surface area contributed by atoms with Crippen molar-refractivity contribution in [3.05, 3.63) is 30.1 Å². The Bertz CT molecular complexity index is 223. The van der Waals surface area contributed by atoms with Crippen LogP contribution in [0, 0.1) is 0 Å². The molecule has 0 aromatic carbocycles. The summed E-state index contributed by atoms with van der Waals surface area (Å²) in [4.78, 5) is 3.99. The third-order valence-corrected chi connectivity index (χ3v) is 2.15. The number of hydrogen-bond donors (Lipinski definition) is 2. The fourth-order valence-electron chi connectivity index (χ4n) is 1.40. The summed E-state index contributed by atoms with van der Waals surface area (Å²) in [5.74, 6) is 0. The van der Waals surface area contributed by atoms with E-state index in [1.807, 2.05) is 31.6 Å². The van der Waals surface area contributed by atoms with Crippen LogP contribution in [-0.4, -0.2) is 18.6 Å². The third kappa shape index (κ3) is 3.13. The lowest BCUT2D eigenvalue weighted by molar-refractivity contribution is 0.531. The first kappa shape index (κ1) is 10.2. The van der Waals surface area contributed by atoms with Crippen molar-refractivity contribution in [1.29, 1.82) is 0 Å². The highest BCUT2D eigenvalue weighted by Gasteiger charge is 2.06. The first-order valence-corrected chi connectivity index (χ1v) is 4.65. The zero-order valence-corrected chi connectivity index (χ0v) is 8.03. The maximum absolute atomic E-state index is 5.47. The van der Waals surface area contributed by atoms with E-state index < -0.39 is 0 Å². The molecule has 0 amide bonds. The molecular weight excluding hydrogens is 162 g/mol. The predicted octanol–water partition coefficient (Wildman–Crippen LogP) is 1.08. The van der Waals surface area contributed by atoms with Gasteiger partial charge in [0, 0.05) is 18.4 Å². The Balaban J connectivity index is 2.56.